The summed E-state index contributed by atoms with van der Waals surface area (Å²) < 4.78 is 7.15. The third kappa shape index (κ3) is 4.33. The van der Waals surface area contributed by atoms with Crippen LogP contribution in [-0.4, -0.2) is 57.2 Å². The fourth-order valence-corrected chi connectivity index (χ4v) is 5.96. The lowest BCUT2D eigenvalue weighted by atomic mass is 9.76. The molecule has 2 aromatic carbocycles. The second-order valence-corrected chi connectivity index (χ2v) is 9.92. The van der Waals surface area contributed by atoms with E-state index in [1.165, 1.54) is 18.1 Å². The lowest BCUT2D eigenvalue weighted by Crippen LogP contribution is -2.57. The summed E-state index contributed by atoms with van der Waals surface area (Å²) >= 11 is 0. The molecule has 2 aliphatic heterocycles. The molecule has 1 atom stereocenters. The highest BCUT2D eigenvalue weighted by atomic mass is 16.5. The molecule has 0 aliphatic carbocycles. The van der Waals surface area contributed by atoms with E-state index in [9.17, 15) is 9.59 Å². The van der Waals surface area contributed by atoms with Gasteiger partial charge in [-0.3, -0.25) is 19.2 Å². The number of esters is 1. The highest BCUT2D eigenvalue weighted by Gasteiger charge is 2.56. The second kappa shape index (κ2) is 9.46. The maximum atomic E-state index is 13.3. The molecule has 7 heteroatoms. The van der Waals surface area contributed by atoms with Crippen LogP contribution in [0.1, 0.15) is 43.0 Å². The Bertz CT molecular complexity index is 1240. The molecule has 184 valence electrons. The number of nitrogens with zero attached hydrogens (tertiary/aromatic N) is 4. The molecule has 1 spiro atoms. The lowest BCUT2D eigenvalue weighted by Gasteiger charge is -2.47. The molecule has 1 amide bonds. The first-order chi connectivity index (χ1) is 16.9. The predicted octanol–water partition coefficient (Wildman–Crippen LogP) is 3.92. The van der Waals surface area contributed by atoms with E-state index in [1.54, 1.807) is 0 Å². The third-order valence-corrected chi connectivity index (χ3v) is 7.99. The van der Waals surface area contributed by atoms with E-state index in [4.69, 9.17) is 4.74 Å². The zero-order chi connectivity index (χ0) is 24.6. The van der Waals surface area contributed by atoms with Crippen LogP contribution in [0.3, 0.4) is 0 Å². The van der Waals surface area contributed by atoms with Crippen molar-refractivity contribution in [1.29, 1.82) is 0 Å². The number of hydrogen-bond acceptors (Lipinski definition) is 5. The Balaban J connectivity index is 1.38. The number of likely N-dealkylation sites (tertiary alicyclic amines) is 2. The molecule has 2 saturated heterocycles. The number of rotatable bonds is 6. The Labute approximate surface area is 206 Å². The molecule has 0 radical (unpaired) electrons. The molecule has 3 aromatic rings. The van der Waals surface area contributed by atoms with Crippen LogP contribution in [-0.2, 0) is 34.0 Å². The summed E-state index contributed by atoms with van der Waals surface area (Å²) in [5, 5.41) is 6.92. The number of aromatic nitrogens is 2. The predicted molar refractivity (Wildman–Crippen MR) is 135 cm³/mol. The largest absolute Gasteiger partial charge is 0.469 e. The van der Waals surface area contributed by atoms with Gasteiger partial charge in [0, 0.05) is 50.9 Å². The van der Waals surface area contributed by atoms with E-state index in [-0.39, 0.29) is 18.3 Å². The maximum absolute atomic E-state index is 13.3. The molecule has 7 nitrogen and oxygen atoms in total. The smallest absolute Gasteiger partial charge is 0.311 e. The van der Waals surface area contributed by atoms with Crippen LogP contribution < -0.4 is 0 Å². The van der Waals surface area contributed by atoms with Crippen molar-refractivity contribution in [3.63, 3.8) is 0 Å². The Morgan fingerprint density at radius 1 is 1.11 bits per heavy atom. The van der Waals surface area contributed by atoms with Gasteiger partial charge in [-0.05, 0) is 49.1 Å². The highest BCUT2D eigenvalue weighted by Crippen LogP contribution is 2.45. The quantitative estimate of drug-likeness (QED) is 0.507. The van der Waals surface area contributed by atoms with Crippen LogP contribution in [0, 0.1) is 12.8 Å². The minimum atomic E-state index is -0.505. The number of benzene rings is 2. The molecule has 35 heavy (non-hydrogen) atoms. The number of methoxy groups -OCH3 is 1. The summed E-state index contributed by atoms with van der Waals surface area (Å²) in [5.41, 5.74) is 2.89. The van der Waals surface area contributed by atoms with Crippen molar-refractivity contribution in [1.82, 2.24) is 19.6 Å². The van der Waals surface area contributed by atoms with E-state index >= 15 is 0 Å². The molecular weight excluding hydrogens is 440 g/mol. The summed E-state index contributed by atoms with van der Waals surface area (Å²) in [4.78, 5) is 30.5. The second-order valence-electron chi connectivity index (χ2n) is 9.92. The van der Waals surface area contributed by atoms with Gasteiger partial charge in [0.2, 0.25) is 5.91 Å². The molecule has 5 rings (SSSR count). The Kier molecular flexibility index (Phi) is 6.36. The number of aryl methyl sites for hydroxylation is 2. The van der Waals surface area contributed by atoms with E-state index in [2.05, 4.69) is 60.4 Å². The van der Waals surface area contributed by atoms with Crippen LogP contribution in [0.5, 0.6) is 0 Å². The first-order valence-corrected chi connectivity index (χ1v) is 12.5. The van der Waals surface area contributed by atoms with E-state index in [1.807, 2.05) is 21.7 Å². The van der Waals surface area contributed by atoms with Gasteiger partial charge in [0.25, 0.3) is 0 Å². The molecular formula is C28H34N4O3. The molecule has 2 aliphatic rings. The summed E-state index contributed by atoms with van der Waals surface area (Å²) in [6.45, 7) is 8.01. The molecule has 0 bridgehead atoms. The van der Waals surface area contributed by atoms with Crippen molar-refractivity contribution in [3.8, 4) is 0 Å². The number of ether oxygens (including phenoxy) is 1. The van der Waals surface area contributed by atoms with E-state index in [0.29, 0.717) is 6.54 Å². The van der Waals surface area contributed by atoms with Crippen molar-refractivity contribution >= 4 is 22.6 Å². The van der Waals surface area contributed by atoms with Crippen LogP contribution in [0.25, 0.3) is 10.8 Å². The third-order valence-electron chi connectivity index (χ3n) is 7.99. The van der Waals surface area contributed by atoms with Gasteiger partial charge in [-0.2, -0.15) is 5.10 Å². The SMILES string of the molecule is CCn1cc(CN2CCC3(CC2)C(C(=O)OC)CC(=O)N3Cc2ccc3ccccc3c2)c(C)n1. The number of piperidine rings is 1. The van der Waals surface area contributed by atoms with Crippen LogP contribution in [0.4, 0.5) is 0 Å². The number of carbonyl (C=O) groups excluding carboxylic acids is 2. The zero-order valence-electron chi connectivity index (χ0n) is 20.9. The molecule has 1 aromatic heterocycles. The van der Waals surface area contributed by atoms with Gasteiger partial charge in [0.15, 0.2) is 0 Å². The first kappa shape index (κ1) is 23.5. The van der Waals surface area contributed by atoms with Crippen LogP contribution in [0.2, 0.25) is 0 Å². The molecule has 0 N–H and O–H groups in total. The zero-order valence-corrected chi connectivity index (χ0v) is 20.9. The van der Waals surface area contributed by atoms with Crippen LogP contribution in [0.15, 0.2) is 48.7 Å². The highest BCUT2D eigenvalue weighted by molar-refractivity contribution is 5.89. The van der Waals surface area contributed by atoms with Gasteiger partial charge in [-0.25, -0.2) is 0 Å². The van der Waals surface area contributed by atoms with Crippen molar-refractivity contribution in [2.24, 2.45) is 5.92 Å². The van der Waals surface area contributed by atoms with Gasteiger partial charge in [-0.15, -0.1) is 0 Å². The minimum absolute atomic E-state index is 0.0436. The molecule has 1 unspecified atom stereocenters. The van der Waals surface area contributed by atoms with Crippen molar-refractivity contribution in [3.05, 3.63) is 65.5 Å². The lowest BCUT2D eigenvalue weighted by molar-refractivity contribution is -0.150. The van der Waals surface area contributed by atoms with Crippen molar-refractivity contribution < 1.29 is 14.3 Å². The number of carbonyl (C=O) groups is 2. The van der Waals surface area contributed by atoms with Gasteiger partial charge in [0.1, 0.15) is 0 Å². The number of amides is 1. The van der Waals surface area contributed by atoms with Gasteiger partial charge in [0.05, 0.1) is 24.3 Å². The number of hydrogen-bond donors (Lipinski definition) is 0. The maximum Gasteiger partial charge on any atom is 0.311 e. The molecule has 0 saturated carbocycles. The standard InChI is InChI=1S/C28H34N4O3/c1-4-31-19-24(20(2)29-31)18-30-13-11-28(12-14-30)25(27(34)35-3)16-26(33)32(28)17-21-9-10-22-7-5-6-8-23(22)15-21/h5-10,15,19,25H,4,11-14,16-18H2,1-3H3. The van der Waals surface area contributed by atoms with Crippen molar-refractivity contribution in [2.45, 2.75) is 58.3 Å². The average Bonchev–Trinajstić information content (AvgIpc) is 3.36. The van der Waals surface area contributed by atoms with Crippen molar-refractivity contribution in [2.75, 3.05) is 20.2 Å². The fourth-order valence-electron chi connectivity index (χ4n) is 5.96. The summed E-state index contributed by atoms with van der Waals surface area (Å²) in [5.74, 6) is -0.651. The normalized spacial score (nSPS) is 20.1. The summed E-state index contributed by atoms with van der Waals surface area (Å²) in [6.07, 6.45) is 3.87. The molecule has 3 heterocycles. The minimum Gasteiger partial charge on any atom is -0.469 e. The first-order valence-electron chi connectivity index (χ1n) is 12.5. The van der Waals surface area contributed by atoms with Gasteiger partial charge >= 0.3 is 5.97 Å². The number of fused-ring (bicyclic) bond motifs is 1. The molecule has 2 fully saturated rings. The van der Waals surface area contributed by atoms with Gasteiger partial charge < -0.3 is 9.64 Å². The van der Waals surface area contributed by atoms with Crippen LogP contribution >= 0.6 is 0 Å². The Morgan fingerprint density at radius 3 is 2.54 bits per heavy atom. The Hall–Kier alpha value is -3.19. The average molecular weight is 475 g/mol. The van der Waals surface area contributed by atoms with E-state index < -0.39 is 11.5 Å². The fraction of sp³-hybridized carbons (Fsp3) is 0.464. The van der Waals surface area contributed by atoms with Gasteiger partial charge in [-0.1, -0.05) is 36.4 Å². The monoisotopic (exact) mass is 474 g/mol. The Morgan fingerprint density at radius 2 is 1.86 bits per heavy atom. The summed E-state index contributed by atoms with van der Waals surface area (Å²) in [7, 11) is 1.43. The summed E-state index contributed by atoms with van der Waals surface area (Å²) in [6, 6.07) is 14.6. The van der Waals surface area contributed by atoms with E-state index in [0.717, 1.165) is 55.7 Å². The topological polar surface area (TPSA) is 67.7 Å².